The van der Waals surface area contributed by atoms with Gasteiger partial charge in [-0.3, -0.25) is 4.79 Å². The van der Waals surface area contributed by atoms with Crippen molar-refractivity contribution in [1.82, 2.24) is 15.6 Å². The summed E-state index contributed by atoms with van der Waals surface area (Å²) in [5.74, 6) is -0.00197. The number of aromatic nitrogens is 1. The Labute approximate surface area is 187 Å². The largest absolute Gasteiger partial charge is 0.493 e. The fraction of sp³-hybridized carbons (Fsp3) is 0.348. The number of carbonyl (C=O) groups is 1. The lowest BCUT2D eigenvalue weighted by atomic mass is 9.98. The fourth-order valence-electron chi connectivity index (χ4n) is 3.79. The Kier molecular flexibility index (Phi) is 5.42. The molecule has 2 aromatic carbocycles. The van der Waals surface area contributed by atoms with Crippen LogP contribution in [-0.4, -0.2) is 38.2 Å². The standard InChI is InChI=1S/C23H27N3O5S/c1-23(2,3)25-11-13-6-7-17-14(8-13)9-18(26-17)15-10-19(30-4)21(31-32(5,28)29)16-12-24-22(27)20(15)16/h6-10,25-26H,11-12H2,1-5H3,(H,24,27). The third-order valence-electron chi connectivity index (χ3n) is 5.25. The highest BCUT2D eigenvalue weighted by Crippen LogP contribution is 2.43. The lowest BCUT2D eigenvalue weighted by molar-refractivity contribution is 0.0966. The van der Waals surface area contributed by atoms with Crippen LogP contribution < -0.4 is 19.6 Å². The average Bonchev–Trinajstić information content (AvgIpc) is 3.28. The minimum Gasteiger partial charge on any atom is -0.493 e. The van der Waals surface area contributed by atoms with Gasteiger partial charge in [-0.15, -0.1) is 0 Å². The first-order valence-electron chi connectivity index (χ1n) is 10.2. The van der Waals surface area contributed by atoms with E-state index in [-0.39, 0.29) is 29.5 Å². The van der Waals surface area contributed by atoms with Gasteiger partial charge < -0.3 is 24.5 Å². The molecule has 1 aromatic heterocycles. The number of hydrogen-bond donors (Lipinski definition) is 3. The number of rotatable bonds is 6. The van der Waals surface area contributed by atoms with Crippen LogP contribution in [0.1, 0.15) is 42.3 Å². The van der Waals surface area contributed by atoms with Crippen LogP contribution in [0, 0.1) is 0 Å². The molecule has 8 nitrogen and oxygen atoms in total. The molecule has 32 heavy (non-hydrogen) atoms. The van der Waals surface area contributed by atoms with Gasteiger partial charge in [-0.1, -0.05) is 6.07 Å². The second-order valence-corrected chi connectivity index (χ2v) is 10.6. The fourth-order valence-corrected chi connectivity index (χ4v) is 4.28. The lowest BCUT2D eigenvalue weighted by Gasteiger charge is -2.20. The van der Waals surface area contributed by atoms with Crippen LogP contribution in [0.15, 0.2) is 30.3 Å². The molecule has 0 unspecified atom stereocenters. The third-order valence-corrected chi connectivity index (χ3v) is 5.72. The third kappa shape index (κ3) is 4.44. The van der Waals surface area contributed by atoms with Crippen molar-refractivity contribution in [1.29, 1.82) is 0 Å². The maximum absolute atomic E-state index is 12.6. The Hall–Kier alpha value is -3.04. The first-order valence-corrected chi connectivity index (χ1v) is 12.1. The van der Waals surface area contributed by atoms with E-state index in [1.165, 1.54) is 7.11 Å². The average molecular weight is 458 g/mol. The predicted molar refractivity (Wildman–Crippen MR) is 124 cm³/mol. The maximum atomic E-state index is 12.6. The molecule has 0 atom stereocenters. The highest BCUT2D eigenvalue weighted by atomic mass is 32.2. The highest BCUT2D eigenvalue weighted by Gasteiger charge is 2.31. The first kappa shape index (κ1) is 22.2. The van der Waals surface area contributed by atoms with Gasteiger partial charge in [-0.2, -0.15) is 8.42 Å². The molecule has 1 aliphatic heterocycles. The van der Waals surface area contributed by atoms with Crippen LogP contribution >= 0.6 is 0 Å². The topological polar surface area (TPSA) is 110 Å². The number of amides is 1. The minimum absolute atomic E-state index is 0.0124. The van der Waals surface area contributed by atoms with Crippen LogP contribution in [0.5, 0.6) is 11.5 Å². The van der Waals surface area contributed by atoms with Crippen molar-refractivity contribution in [3.63, 3.8) is 0 Å². The summed E-state index contributed by atoms with van der Waals surface area (Å²) in [5, 5.41) is 7.24. The minimum atomic E-state index is -3.80. The maximum Gasteiger partial charge on any atom is 0.306 e. The van der Waals surface area contributed by atoms with Gasteiger partial charge in [0.25, 0.3) is 5.91 Å². The van der Waals surface area contributed by atoms with Crippen LogP contribution in [0.2, 0.25) is 0 Å². The summed E-state index contributed by atoms with van der Waals surface area (Å²) in [6, 6.07) is 9.79. The van der Waals surface area contributed by atoms with Gasteiger partial charge in [-0.05, 0) is 50.6 Å². The van der Waals surface area contributed by atoms with Gasteiger partial charge in [-0.25, -0.2) is 0 Å². The number of ether oxygens (including phenoxy) is 1. The van der Waals surface area contributed by atoms with Gasteiger partial charge in [0, 0.05) is 46.4 Å². The number of hydrogen-bond acceptors (Lipinski definition) is 6. The molecule has 0 fully saturated rings. The number of benzene rings is 2. The zero-order valence-electron chi connectivity index (χ0n) is 18.8. The van der Waals surface area contributed by atoms with Crippen LogP contribution in [0.25, 0.3) is 22.2 Å². The molecule has 4 rings (SSSR count). The van der Waals surface area contributed by atoms with E-state index in [0.29, 0.717) is 16.7 Å². The van der Waals surface area contributed by atoms with Crippen LogP contribution in [-0.2, 0) is 23.2 Å². The SMILES string of the molecule is COc1cc(-c2cc3cc(CNC(C)(C)C)ccc3[nH]2)c2c(c1OS(C)(=O)=O)CNC2=O. The molecule has 0 bridgehead atoms. The van der Waals surface area contributed by atoms with Gasteiger partial charge in [0.15, 0.2) is 11.5 Å². The molecule has 9 heteroatoms. The zero-order chi connectivity index (χ0) is 23.3. The normalized spacial score (nSPS) is 13.8. The quantitative estimate of drug-likeness (QED) is 0.490. The summed E-state index contributed by atoms with van der Waals surface area (Å²) in [5.41, 5.74) is 4.29. The summed E-state index contributed by atoms with van der Waals surface area (Å²) < 4.78 is 34.1. The second-order valence-electron chi connectivity index (χ2n) is 8.99. The van der Waals surface area contributed by atoms with Crippen molar-refractivity contribution in [2.24, 2.45) is 0 Å². The molecule has 2 heterocycles. The summed E-state index contributed by atoms with van der Waals surface area (Å²) in [7, 11) is -2.37. The smallest absolute Gasteiger partial charge is 0.306 e. The Morgan fingerprint density at radius 1 is 1.16 bits per heavy atom. The van der Waals surface area contributed by atoms with Gasteiger partial charge in [0.05, 0.1) is 18.9 Å². The summed E-state index contributed by atoms with van der Waals surface area (Å²) >= 11 is 0. The van der Waals surface area contributed by atoms with Gasteiger partial charge in [0.2, 0.25) is 0 Å². The number of fused-ring (bicyclic) bond motifs is 2. The van der Waals surface area contributed by atoms with Gasteiger partial charge in [0.1, 0.15) is 0 Å². The summed E-state index contributed by atoms with van der Waals surface area (Å²) in [6.07, 6.45) is 0.959. The number of aromatic amines is 1. The molecule has 0 spiro atoms. The molecule has 1 amide bonds. The van der Waals surface area contributed by atoms with E-state index in [4.69, 9.17) is 8.92 Å². The zero-order valence-corrected chi connectivity index (χ0v) is 19.6. The summed E-state index contributed by atoms with van der Waals surface area (Å²) in [6.45, 7) is 7.26. The van der Waals surface area contributed by atoms with Gasteiger partial charge >= 0.3 is 10.1 Å². The lowest BCUT2D eigenvalue weighted by Crippen LogP contribution is -2.35. The van der Waals surface area contributed by atoms with E-state index in [1.807, 2.05) is 12.1 Å². The molecule has 3 aromatic rings. The van der Waals surface area contributed by atoms with E-state index < -0.39 is 10.1 Å². The Morgan fingerprint density at radius 2 is 1.91 bits per heavy atom. The number of H-pyrrole nitrogens is 1. The number of carbonyl (C=O) groups excluding carboxylic acids is 1. The molecular formula is C23H27N3O5S. The molecule has 0 saturated carbocycles. The Bertz CT molecular complexity index is 1320. The van der Waals surface area contributed by atoms with Crippen LogP contribution in [0.4, 0.5) is 0 Å². The van der Waals surface area contributed by atoms with E-state index in [0.717, 1.165) is 35.0 Å². The van der Waals surface area contributed by atoms with Crippen molar-refractivity contribution in [3.05, 3.63) is 47.0 Å². The molecular weight excluding hydrogens is 430 g/mol. The number of nitrogens with one attached hydrogen (secondary N) is 3. The van der Waals surface area contributed by atoms with E-state index >= 15 is 0 Å². The van der Waals surface area contributed by atoms with Crippen molar-refractivity contribution >= 4 is 26.9 Å². The Balaban J connectivity index is 1.81. The van der Waals surface area contributed by atoms with Crippen molar-refractivity contribution < 1.29 is 22.1 Å². The molecule has 0 saturated heterocycles. The molecule has 3 N–H and O–H groups in total. The van der Waals surface area contributed by atoms with Crippen molar-refractivity contribution in [2.75, 3.05) is 13.4 Å². The van der Waals surface area contributed by atoms with E-state index in [1.54, 1.807) is 6.07 Å². The van der Waals surface area contributed by atoms with Crippen LogP contribution in [0.3, 0.4) is 0 Å². The molecule has 0 radical (unpaired) electrons. The van der Waals surface area contributed by atoms with E-state index in [2.05, 4.69) is 48.5 Å². The van der Waals surface area contributed by atoms with E-state index in [9.17, 15) is 13.2 Å². The predicted octanol–water partition coefficient (Wildman–Crippen LogP) is 3.31. The molecule has 170 valence electrons. The van der Waals surface area contributed by atoms with Crippen molar-refractivity contribution in [3.8, 4) is 22.8 Å². The highest BCUT2D eigenvalue weighted by molar-refractivity contribution is 7.86. The molecule has 1 aliphatic rings. The van der Waals surface area contributed by atoms with Crippen molar-refractivity contribution in [2.45, 2.75) is 39.4 Å². The Morgan fingerprint density at radius 3 is 2.56 bits per heavy atom. The number of methoxy groups -OCH3 is 1. The molecule has 0 aliphatic carbocycles. The first-order chi connectivity index (χ1) is 14.9. The summed E-state index contributed by atoms with van der Waals surface area (Å²) in [4.78, 5) is 16.0. The second kappa shape index (κ2) is 7.83. The monoisotopic (exact) mass is 457 g/mol.